The summed E-state index contributed by atoms with van der Waals surface area (Å²) in [4.78, 5) is 7.80. The maximum atomic E-state index is 9.10. The van der Waals surface area contributed by atoms with E-state index < -0.39 is 0 Å². The van der Waals surface area contributed by atoms with Crippen molar-refractivity contribution in [2.45, 2.75) is 0 Å². The Morgan fingerprint density at radius 1 is 1.26 bits per heavy atom. The summed E-state index contributed by atoms with van der Waals surface area (Å²) in [6.07, 6.45) is 0. The molecule has 3 nitrogen and oxygen atoms in total. The zero-order valence-corrected chi connectivity index (χ0v) is 13.4. The highest BCUT2D eigenvalue weighted by atomic mass is 127. The lowest BCUT2D eigenvalue weighted by atomic mass is 10.2. The van der Waals surface area contributed by atoms with Gasteiger partial charge in [0.2, 0.25) is 0 Å². The largest absolute Gasteiger partial charge is 0.338 e. The summed E-state index contributed by atoms with van der Waals surface area (Å²) in [5, 5.41) is 9.10. The van der Waals surface area contributed by atoms with Crippen LogP contribution in [0.25, 0.3) is 22.4 Å². The molecule has 0 amide bonds. The van der Waals surface area contributed by atoms with E-state index in [9.17, 15) is 0 Å². The van der Waals surface area contributed by atoms with Crippen LogP contribution >= 0.6 is 38.5 Å². The third-order valence-electron chi connectivity index (χ3n) is 2.82. The van der Waals surface area contributed by atoms with Crippen molar-refractivity contribution < 1.29 is 0 Å². The van der Waals surface area contributed by atoms with E-state index in [1.54, 1.807) is 6.07 Å². The minimum absolute atomic E-state index is 0.585. The molecule has 0 bridgehead atoms. The first-order chi connectivity index (χ1) is 9.19. The predicted octanol–water partition coefficient (Wildman–Crippen LogP) is 4.47. The second-order valence-corrected chi connectivity index (χ2v) is 6.12. The molecule has 0 aliphatic heterocycles. The van der Waals surface area contributed by atoms with Gasteiger partial charge in [-0.3, -0.25) is 0 Å². The van der Waals surface area contributed by atoms with Crippen molar-refractivity contribution in [1.82, 2.24) is 9.97 Å². The minimum Gasteiger partial charge on any atom is -0.338 e. The van der Waals surface area contributed by atoms with E-state index >= 15 is 0 Å². The van der Waals surface area contributed by atoms with Gasteiger partial charge in [0, 0.05) is 13.6 Å². The summed E-state index contributed by atoms with van der Waals surface area (Å²) in [6, 6.07) is 13.8. The normalized spacial score (nSPS) is 10.6. The molecule has 0 aliphatic rings. The summed E-state index contributed by atoms with van der Waals surface area (Å²) >= 11 is 5.80. The van der Waals surface area contributed by atoms with E-state index in [0.29, 0.717) is 11.1 Å². The number of nitrogens with one attached hydrogen (secondary N) is 1. The van der Waals surface area contributed by atoms with Crippen LogP contribution in [0.3, 0.4) is 0 Å². The maximum Gasteiger partial charge on any atom is 0.139 e. The monoisotopic (exact) mass is 423 g/mol. The molecule has 19 heavy (non-hydrogen) atoms. The smallest absolute Gasteiger partial charge is 0.139 e. The number of fused-ring (bicyclic) bond motifs is 1. The van der Waals surface area contributed by atoms with Gasteiger partial charge in [-0.15, -0.1) is 0 Å². The number of hydrogen-bond donors (Lipinski definition) is 1. The summed E-state index contributed by atoms with van der Waals surface area (Å²) < 4.78 is 2.11. The predicted molar refractivity (Wildman–Crippen MR) is 86.7 cm³/mol. The molecular weight excluding hydrogens is 417 g/mol. The van der Waals surface area contributed by atoms with Gasteiger partial charge >= 0.3 is 0 Å². The van der Waals surface area contributed by atoms with E-state index in [0.717, 1.165) is 24.9 Å². The zero-order valence-electron chi connectivity index (χ0n) is 9.61. The van der Waals surface area contributed by atoms with Crippen molar-refractivity contribution in [3.05, 3.63) is 50.0 Å². The fraction of sp³-hybridized carbons (Fsp3) is 0. The quantitative estimate of drug-likeness (QED) is 0.587. The lowest BCUT2D eigenvalue weighted by molar-refractivity contribution is 1.32. The van der Waals surface area contributed by atoms with Gasteiger partial charge in [-0.05, 0) is 52.9 Å². The zero-order chi connectivity index (χ0) is 13.4. The minimum atomic E-state index is 0.585. The Balaban J connectivity index is 2.27. The highest BCUT2D eigenvalue weighted by Gasteiger charge is 2.11. The van der Waals surface area contributed by atoms with E-state index in [1.165, 1.54) is 0 Å². The van der Waals surface area contributed by atoms with E-state index in [-0.39, 0.29) is 0 Å². The highest BCUT2D eigenvalue weighted by molar-refractivity contribution is 14.1. The Morgan fingerprint density at radius 3 is 2.89 bits per heavy atom. The molecule has 92 valence electrons. The molecule has 1 heterocycles. The number of aromatic amines is 1. The number of imidazole rings is 1. The Kier molecular flexibility index (Phi) is 3.29. The molecule has 0 fully saturated rings. The van der Waals surface area contributed by atoms with Gasteiger partial charge in [-0.1, -0.05) is 22.0 Å². The van der Waals surface area contributed by atoms with Crippen molar-refractivity contribution in [2.24, 2.45) is 0 Å². The second kappa shape index (κ2) is 4.94. The SMILES string of the molecule is N#Cc1cccc2[nH]c(-c3cc(I)ccc3Br)nc12. The molecule has 1 N–H and O–H groups in total. The van der Waals surface area contributed by atoms with Gasteiger partial charge in [0.15, 0.2) is 0 Å². The molecule has 3 aromatic rings. The number of benzene rings is 2. The van der Waals surface area contributed by atoms with Crippen molar-refractivity contribution in [1.29, 1.82) is 5.26 Å². The molecule has 0 atom stereocenters. The number of rotatable bonds is 1. The fourth-order valence-electron chi connectivity index (χ4n) is 1.93. The van der Waals surface area contributed by atoms with E-state index in [4.69, 9.17) is 5.26 Å². The van der Waals surface area contributed by atoms with Gasteiger partial charge in [-0.2, -0.15) is 5.26 Å². The van der Waals surface area contributed by atoms with Gasteiger partial charge in [0.1, 0.15) is 17.4 Å². The van der Waals surface area contributed by atoms with Crippen LogP contribution in [0.15, 0.2) is 40.9 Å². The first-order valence-corrected chi connectivity index (χ1v) is 7.40. The molecule has 0 unspecified atom stereocenters. The molecule has 3 rings (SSSR count). The lowest BCUT2D eigenvalue weighted by Crippen LogP contribution is -1.84. The van der Waals surface area contributed by atoms with Gasteiger partial charge in [0.25, 0.3) is 0 Å². The number of hydrogen-bond acceptors (Lipinski definition) is 2. The summed E-state index contributed by atoms with van der Waals surface area (Å²) in [5.41, 5.74) is 3.17. The summed E-state index contributed by atoms with van der Waals surface area (Å²) in [7, 11) is 0. The highest BCUT2D eigenvalue weighted by Crippen LogP contribution is 2.30. The van der Waals surface area contributed by atoms with Crippen LogP contribution in [0.5, 0.6) is 0 Å². The standard InChI is InChI=1S/C14H7BrIN3/c15-11-5-4-9(16)6-10(11)14-18-12-3-1-2-8(7-17)13(12)19-14/h1-6H,(H,18,19). The first kappa shape index (κ1) is 12.6. The molecule has 0 aliphatic carbocycles. The average molecular weight is 424 g/mol. The summed E-state index contributed by atoms with van der Waals surface area (Å²) in [6.45, 7) is 0. The molecule has 0 radical (unpaired) electrons. The van der Waals surface area contributed by atoms with E-state index in [1.807, 2.05) is 24.3 Å². The van der Waals surface area contributed by atoms with E-state index in [2.05, 4.69) is 60.6 Å². The van der Waals surface area contributed by atoms with Crippen LogP contribution in [-0.4, -0.2) is 9.97 Å². The van der Waals surface area contributed by atoms with Crippen LogP contribution in [0.2, 0.25) is 0 Å². The van der Waals surface area contributed by atoms with Crippen LogP contribution in [-0.2, 0) is 0 Å². The number of para-hydroxylation sites is 1. The Hall–Kier alpha value is -1.39. The number of aromatic nitrogens is 2. The van der Waals surface area contributed by atoms with Crippen LogP contribution in [0, 0.1) is 14.9 Å². The van der Waals surface area contributed by atoms with Gasteiger partial charge < -0.3 is 4.98 Å². The van der Waals surface area contributed by atoms with Crippen molar-refractivity contribution in [3.8, 4) is 17.5 Å². The van der Waals surface area contributed by atoms with Gasteiger partial charge in [-0.25, -0.2) is 4.98 Å². The molecule has 2 aromatic carbocycles. The molecule has 1 aromatic heterocycles. The topological polar surface area (TPSA) is 52.5 Å². The Morgan fingerprint density at radius 2 is 2.11 bits per heavy atom. The van der Waals surface area contributed by atoms with Crippen LogP contribution in [0.1, 0.15) is 5.56 Å². The van der Waals surface area contributed by atoms with Crippen molar-refractivity contribution >= 4 is 49.6 Å². The lowest BCUT2D eigenvalue weighted by Gasteiger charge is -2.01. The summed E-state index contributed by atoms with van der Waals surface area (Å²) in [5.74, 6) is 0.767. The molecule has 5 heteroatoms. The first-order valence-electron chi connectivity index (χ1n) is 5.53. The number of nitriles is 1. The maximum absolute atomic E-state index is 9.10. The third kappa shape index (κ3) is 2.26. The third-order valence-corrected chi connectivity index (χ3v) is 4.18. The molecular formula is C14H7BrIN3. The molecule has 0 saturated carbocycles. The average Bonchev–Trinajstić information content (AvgIpc) is 2.85. The number of halogens is 2. The molecule has 0 saturated heterocycles. The van der Waals surface area contributed by atoms with Crippen LogP contribution < -0.4 is 0 Å². The van der Waals surface area contributed by atoms with Crippen molar-refractivity contribution in [2.75, 3.05) is 0 Å². The molecule has 0 spiro atoms. The van der Waals surface area contributed by atoms with Crippen molar-refractivity contribution in [3.63, 3.8) is 0 Å². The Labute approximate surface area is 131 Å². The van der Waals surface area contributed by atoms with Crippen LogP contribution in [0.4, 0.5) is 0 Å². The second-order valence-electron chi connectivity index (χ2n) is 4.02. The number of H-pyrrole nitrogens is 1. The Bertz CT molecular complexity index is 817. The fourth-order valence-corrected chi connectivity index (χ4v) is 2.85. The number of nitrogens with zero attached hydrogens (tertiary/aromatic N) is 2. The van der Waals surface area contributed by atoms with Gasteiger partial charge in [0.05, 0.1) is 11.1 Å².